The van der Waals surface area contributed by atoms with Gasteiger partial charge >= 0.3 is 0 Å². The molecule has 5 rings (SSSR count). The molecule has 41 heavy (non-hydrogen) atoms. The average Bonchev–Trinajstić information content (AvgIpc) is 3.33. The maximum atomic E-state index is 14.2. The molecule has 1 aromatic heterocycles. The van der Waals surface area contributed by atoms with Crippen LogP contribution in [-0.4, -0.2) is 53.6 Å². The Bertz CT molecular complexity index is 1560. The van der Waals surface area contributed by atoms with Crippen LogP contribution < -0.4 is 10.2 Å². The molecule has 2 N–H and O–H groups in total. The number of carbonyl (C=O) groups is 2. The van der Waals surface area contributed by atoms with Crippen LogP contribution in [0.15, 0.2) is 47.0 Å². The van der Waals surface area contributed by atoms with Crippen LogP contribution in [0, 0.1) is 6.92 Å². The van der Waals surface area contributed by atoms with E-state index in [2.05, 4.69) is 20.3 Å². The molecular formula is C27H29Cl2N5O6S. The predicted molar refractivity (Wildman–Crippen MR) is 151 cm³/mol. The minimum Gasteiger partial charge on any atom is -0.337 e. The number of hydrogen-bond donors (Lipinski definition) is 2. The summed E-state index contributed by atoms with van der Waals surface area (Å²) >= 11 is 12.9. The maximum absolute atomic E-state index is 14.2. The molecule has 0 radical (unpaired) electrons. The molecule has 14 heteroatoms. The number of rotatable bonds is 8. The first-order valence-electron chi connectivity index (χ1n) is 13.1. The van der Waals surface area contributed by atoms with E-state index in [-0.39, 0.29) is 23.4 Å². The lowest BCUT2D eigenvalue weighted by molar-refractivity contribution is -0.139. The fourth-order valence-electron chi connectivity index (χ4n) is 5.76. The van der Waals surface area contributed by atoms with Crippen molar-refractivity contribution >= 4 is 45.0 Å². The van der Waals surface area contributed by atoms with Crippen molar-refractivity contribution in [3.05, 3.63) is 80.9 Å². The summed E-state index contributed by atoms with van der Waals surface area (Å²) in [5.74, 6) is -1.22. The number of aromatic nitrogens is 2. The first kappa shape index (κ1) is 29.5. The smallest absolute Gasteiger partial charge is 0.255 e. The highest BCUT2D eigenvalue weighted by Crippen LogP contribution is 2.47. The van der Waals surface area contributed by atoms with Gasteiger partial charge in [-0.05, 0) is 49.1 Å². The van der Waals surface area contributed by atoms with Crippen LogP contribution in [0.3, 0.4) is 0 Å². The van der Waals surface area contributed by atoms with Crippen molar-refractivity contribution in [2.24, 2.45) is 0 Å². The number of amides is 2. The second-order valence-corrected chi connectivity index (χ2v) is 12.9. The zero-order valence-corrected chi connectivity index (χ0v) is 24.7. The number of nitrogens with zero attached hydrogens (tertiary/aromatic N) is 3. The summed E-state index contributed by atoms with van der Waals surface area (Å²) in [5.41, 5.74) is 3.81. The highest BCUT2D eigenvalue weighted by molar-refractivity contribution is 7.88. The van der Waals surface area contributed by atoms with Gasteiger partial charge in [0.2, 0.25) is 10.0 Å². The van der Waals surface area contributed by atoms with E-state index in [9.17, 15) is 18.0 Å². The van der Waals surface area contributed by atoms with Crippen molar-refractivity contribution in [3.8, 4) is 0 Å². The summed E-state index contributed by atoms with van der Waals surface area (Å²) in [7, 11) is -3.59. The molecule has 0 spiro atoms. The van der Waals surface area contributed by atoms with Gasteiger partial charge in [-0.2, -0.15) is 4.98 Å². The van der Waals surface area contributed by atoms with Crippen molar-refractivity contribution in [2.45, 2.75) is 63.3 Å². The summed E-state index contributed by atoms with van der Waals surface area (Å²) in [6.45, 7) is 1.49. The van der Waals surface area contributed by atoms with Gasteiger partial charge < -0.3 is 9.42 Å². The topological polar surface area (TPSA) is 144 Å². The van der Waals surface area contributed by atoms with Crippen LogP contribution >= 0.6 is 23.2 Å². The van der Waals surface area contributed by atoms with E-state index in [0.717, 1.165) is 19.1 Å². The molecule has 3 aromatic rings. The lowest BCUT2D eigenvalue weighted by Crippen LogP contribution is -2.59. The number of aryl methyl sites for hydroxylation is 1. The summed E-state index contributed by atoms with van der Waals surface area (Å²) in [5, 5.41) is 4.36. The molecule has 2 heterocycles. The fourth-order valence-corrected chi connectivity index (χ4v) is 7.10. The molecule has 11 nitrogen and oxygen atoms in total. The SMILES string of the molecule is Cc1noc(CONC(=O)[C@@H]2c3ccccc3C(=O)N(C3CCCC[C@@H]3NS(C)(=O)=O)[C@H]2c2ccc(Cl)cc2Cl)n1. The number of halogens is 2. The first-order valence-corrected chi connectivity index (χ1v) is 15.7. The van der Waals surface area contributed by atoms with Crippen molar-refractivity contribution in [1.29, 1.82) is 0 Å². The Balaban J connectivity index is 1.60. The van der Waals surface area contributed by atoms with Crippen LogP contribution in [0.5, 0.6) is 0 Å². The Hall–Kier alpha value is -3.03. The summed E-state index contributed by atoms with van der Waals surface area (Å²) in [4.78, 5) is 39.3. The number of hydrogen-bond acceptors (Lipinski definition) is 8. The lowest BCUT2D eigenvalue weighted by atomic mass is 9.76. The molecular weight excluding hydrogens is 593 g/mol. The minimum absolute atomic E-state index is 0.168. The third kappa shape index (κ3) is 6.41. The first-order chi connectivity index (χ1) is 19.5. The Kier molecular flexibility index (Phi) is 8.67. The Morgan fingerprint density at radius 3 is 2.61 bits per heavy atom. The summed E-state index contributed by atoms with van der Waals surface area (Å²) in [6, 6.07) is 9.74. The molecule has 1 aliphatic heterocycles. The number of fused-ring (bicyclic) bond motifs is 1. The van der Waals surface area contributed by atoms with Crippen LogP contribution in [0.2, 0.25) is 10.0 Å². The normalized spacial score (nSPS) is 22.8. The van der Waals surface area contributed by atoms with Gasteiger partial charge in [0.25, 0.3) is 17.7 Å². The van der Waals surface area contributed by atoms with E-state index >= 15 is 0 Å². The van der Waals surface area contributed by atoms with Crippen molar-refractivity contribution < 1.29 is 27.4 Å². The largest absolute Gasteiger partial charge is 0.337 e. The highest BCUT2D eigenvalue weighted by atomic mass is 35.5. The van der Waals surface area contributed by atoms with Gasteiger partial charge in [-0.3, -0.25) is 14.4 Å². The molecule has 2 aliphatic rings. The second-order valence-electron chi connectivity index (χ2n) is 10.2. The monoisotopic (exact) mass is 621 g/mol. The van der Waals surface area contributed by atoms with Gasteiger partial charge in [0.15, 0.2) is 12.4 Å². The number of nitrogens with one attached hydrogen (secondary N) is 2. The molecule has 1 saturated carbocycles. The Morgan fingerprint density at radius 2 is 1.90 bits per heavy atom. The average molecular weight is 623 g/mol. The second kappa shape index (κ2) is 12.1. The van der Waals surface area contributed by atoms with Crippen LogP contribution in [0.1, 0.15) is 70.8 Å². The van der Waals surface area contributed by atoms with Crippen LogP contribution in [0.4, 0.5) is 0 Å². The molecule has 2 aromatic carbocycles. The number of benzene rings is 2. The molecule has 218 valence electrons. The molecule has 1 fully saturated rings. The standard InChI is InChI=1S/C27H29Cl2N5O6S/c1-15-30-23(40-31-15)14-39-32-26(35)24-17-7-3-4-8-18(17)27(36)34(25(24)19-12-11-16(28)13-20(19)29)22-10-6-5-9-21(22)33-41(2,37)38/h3-4,7-8,11-13,21-22,24-25,33H,5-6,9-10,14H2,1-2H3,(H,32,35)/t21-,22?,24+,25-/m0/s1. The number of carbonyl (C=O) groups excluding carboxylic acids is 2. The third-order valence-corrected chi connectivity index (χ3v) is 8.62. The van der Waals surface area contributed by atoms with Crippen LogP contribution in [0.25, 0.3) is 0 Å². The van der Waals surface area contributed by atoms with Gasteiger partial charge in [-0.25, -0.2) is 18.6 Å². The van der Waals surface area contributed by atoms with E-state index in [0.29, 0.717) is 40.4 Å². The quantitative estimate of drug-likeness (QED) is 0.358. The van der Waals surface area contributed by atoms with E-state index in [1.54, 1.807) is 54.3 Å². The van der Waals surface area contributed by atoms with Crippen molar-refractivity contribution in [2.75, 3.05) is 6.26 Å². The zero-order chi connectivity index (χ0) is 29.3. The molecule has 0 saturated heterocycles. The van der Waals surface area contributed by atoms with Gasteiger partial charge in [-0.15, -0.1) is 0 Å². The maximum Gasteiger partial charge on any atom is 0.255 e. The molecule has 1 aliphatic carbocycles. The number of sulfonamides is 1. The molecule has 4 atom stereocenters. The van der Waals surface area contributed by atoms with E-state index in [4.69, 9.17) is 32.6 Å². The predicted octanol–water partition coefficient (Wildman–Crippen LogP) is 4.07. The van der Waals surface area contributed by atoms with Crippen molar-refractivity contribution in [1.82, 2.24) is 25.2 Å². The fraction of sp³-hybridized carbons (Fsp3) is 0.407. The highest BCUT2D eigenvalue weighted by Gasteiger charge is 2.49. The third-order valence-electron chi connectivity index (χ3n) is 7.33. The summed E-state index contributed by atoms with van der Waals surface area (Å²) < 4.78 is 32.4. The van der Waals surface area contributed by atoms with E-state index in [1.165, 1.54) is 0 Å². The summed E-state index contributed by atoms with van der Waals surface area (Å²) in [6.07, 6.45) is 3.74. The van der Waals surface area contributed by atoms with Gasteiger partial charge in [-0.1, -0.05) is 65.5 Å². The van der Waals surface area contributed by atoms with Crippen LogP contribution in [-0.2, 0) is 26.3 Å². The number of hydroxylamine groups is 1. The van der Waals surface area contributed by atoms with Gasteiger partial charge in [0, 0.05) is 27.7 Å². The molecule has 0 bridgehead atoms. The van der Waals surface area contributed by atoms with Gasteiger partial charge in [0.1, 0.15) is 0 Å². The molecule has 2 amide bonds. The Morgan fingerprint density at radius 1 is 1.15 bits per heavy atom. The lowest BCUT2D eigenvalue weighted by Gasteiger charge is -2.49. The van der Waals surface area contributed by atoms with Crippen molar-refractivity contribution in [3.63, 3.8) is 0 Å². The van der Waals surface area contributed by atoms with E-state index in [1.807, 2.05) is 0 Å². The zero-order valence-electron chi connectivity index (χ0n) is 22.3. The van der Waals surface area contributed by atoms with E-state index < -0.39 is 40.0 Å². The Labute approximate surface area is 247 Å². The minimum atomic E-state index is -3.59. The van der Waals surface area contributed by atoms with Gasteiger partial charge in [0.05, 0.1) is 18.2 Å². The molecule has 1 unspecified atom stereocenters.